The molecule has 0 spiro atoms. The Kier molecular flexibility index (Phi) is 12.1. The largest absolute Gasteiger partial charge is 0.354 e. The van der Waals surface area contributed by atoms with Gasteiger partial charge in [0, 0.05) is 25.3 Å². The fraction of sp³-hybridized carbons (Fsp3) is 0.391. The maximum Gasteiger partial charge on any atom is 0.238 e. The van der Waals surface area contributed by atoms with Crippen LogP contribution < -0.4 is 16.0 Å². The van der Waals surface area contributed by atoms with Gasteiger partial charge >= 0.3 is 0 Å². The van der Waals surface area contributed by atoms with Crippen LogP contribution in [0.2, 0.25) is 0 Å². The number of nitrogens with one attached hydrogen (secondary N) is 3. The van der Waals surface area contributed by atoms with Gasteiger partial charge in [-0.2, -0.15) is 0 Å². The molecule has 2 rings (SSSR count). The standard InChI is InChI=1S/C23H33N5O.HI/c1-18(13-14-19-9-6-5-7-10-19)26-23(24-2)25-16-20-11-8-12-21(15-20)27-22(29)17-28(3)4;/h5-12,15,18H,13-14,16-17H2,1-4H3,(H,27,29)(H2,24,25,26);1H. The summed E-state index contributed by atoms with van der Waals surface area (Å²) in [6, 6.07) is 18.7. The van der Waals surface area contributed by atoms with E-state index >= 15 is 0 Å². The number of hydrogen-bond acceptors (Lipinski definition) is 3. The number of likely N-dealkylation sites (N-methyl/N-ethyl adjacent to an activating group) is 1. The number of carbonyl (C=O) groups excluding carboxylic acids is 1. The fourth-order valence-corrected chi connectivity index (χ4v) is 2.96. The quantitative estimate of drug-likeness (QED) is 0.268. The molecule has 0 aromatic heterocycles. The van der Waals surface area contributed by atoms with E-state index in [1.54, 1.807) is 7.05 Å². The number of aryl methyl sites for hydroxylation is 1. The molecule has 0 bridgehead atoms. The van der Waals surface area contributed by atoms with Crippen molar-refractivity contribution in [2.45, 2.75) is 32.4 Å². The molecule has 0 saturated carbocycles. The Morgan fingerprint density at radius 3 is 2.43 bits per heavy atom. The van der Waals surface area contributed by atoms with Gasteiger partial charge in [0.05, 0.1) is 6.54 Å². The van der Waals surface area contributed by atoms with E-state index in [1.807, 2.05) is 49.3 Å². The molecule has 1 atom stereocenters. The van der Waals surface area contributed by atoms with Crippen LogP contribution in [0.25, 0.3) is 0 Å². The highest BCUT2D eigenvalue weighted by Crippen LogP contribution is 2.11. The van der Waals surface area contributed by atoms with Crippen LogP contribution in [0.4, 0.5) is 5.69 Å². The average Bonchev–Trinajstić information content (AvgIpc) is 2.70. The molecule has 2 aromatic rings. The van der Waals surface area contributed by atoms with Gasteiger partial charge < -0.3 is 20.9 Å². The summed E-state index contributed by atoms with van der Waals surface area (Å²) in [5, 5.41) is 9.71. The van der Waals surface area contributed by atoms with E-state index in [9.17, 15) is 4.79 Å². The highest BCUT2D eigenvalue weighted by molar-refractivity contribution is 14.0. The number of carbonyl (C=O) groups is 1. The topological polar surface area (TPSA) is 68.8 Å². The fourth-order valence-electron chi connectivity index (χ4n) is 2.96. The molecule has 0 aliphatic rings. The van der Waals surface area contributed by atoms with Crippen LogP contribution in [0.3, 0.4) is 0 Å². The van der Waals surface area contributed by atoms with Gasteiger partial charge in [0.2, 0.25) is 5.91 Å². The lowest BCUT2D eigenvalue weighted by atomic mass is 10.1. The second-order valence-corrected chi connectivity index (χ2v) is 7.48. The molecular weight excluding hydrogens is 489 g/mol. The van der Waals surface area contributed by atoms with Crippen molar-refractivity contribution in [3.05, 3.63) is 65.7 Å². The van der Waals surface area contributed by atoms with Gasteiger partial charge in [0.15, 0.2) is 5.96 Å². The molecule has 1 amide bonds. The Bertz CT molecular complexity index is 795. The van der Waals surface area contributed by atoms with Crippen molar-refractivity contribution in [1.82, 2.24) is 15.5 Å². The van der Waals surface area contributed by atoms with Gasteiger partial charge in [0.25, 0.3) is 0 Å². The van der Waals surface area contributed by atoms with Crippen LogP contribution in [0.1, 0.15) is 24.5 Å². The van der Waals surface area contributed by atoms with Gasteiger partial charge in [-0.05, 0) is 57.1 Å². The number of hydrogen-bond donors (Lipinski definition) is 3. The minimum atomic E-state index is -0.0233. The monoisotopic (exact) mass is 523 g/mol. The van der Waals surface area contributed by atoms with Crippen LogP contribution >= 0.6 is 24.0 Å². The molecule has 1 unspecified atom stereocenters. The normalized spacial score (nSPS) is 12.1. The molecule has 0 radical (unpaired) electrons. The number of aliphatic imine (C=N–C) groups is 1. The summed E-state index contributed by atoms with van der Waals surface area (Å²) in [5.74, 6) is 0.748. The molecule has 6 nitrogen and oxygen atoms in total. The molecular formula is C23H34IN5O. The maximum absolute atomic E-state index is 11.9. The number of halogens is 1. The molecule has 3 N–H and O–H groups in total. The van der Waals surface area contributed by atoms with Gasteiger partial charge in [-0.15, -0.1) is 24.0 Å². The SMILES string of the molecule is CN=C(NCc1cccc(NC(=O)CN(C)C)c1)NC(C)CCc1ccccc1.I. The van der Waals surface area contributed by atoms with Crippen LogP contribution in [0, 0.1) is 0 Å². The summed E-state index contributed by atoms with van der Waals surface area (Å²) in [6.07, 6.45) is 2.05. The molecule has 0 aliphatic heterocycles. The third kappa shape index (κ3) is 10.1. The molecule has 164 valence electrons. The molecule has 0 fully saturated rings. The lowest BCUT2D eigenvalue weighted by Gasteiger charge is -2.18. The lowest BCUT2D eigenvalue weighted by molar-refractivity contribution is -0.116. The minimum Gasteiger partial charge on any atom is -0.354 e. The Morgan fingerprint density at radius 2 is 1.77 bits per heavy atom. The molecule has 0 aliphatic carbocycles. The molecule has 0 saturated heterocycles. The number of amides is 1. The van der Waals surface area contributed by atoms with Gasteiger partial charge in [-0.25, -0.2) is 0 Å². The maximum atomic E-state index is 11.9. The summed E-state index contributed by atoms with van der Waals surface area (Å²) in [6.45, 7) is 3.15. The van der Waals surface area contributed by atoms with E-state index in [4.69, 9.17) is 0 Å². The van der Waals surface area contributed by atoms with E-state index in [2.05, 4.69) is 52.1 Å². The van der Waals surface area contributed by atoms with E-state index in [1.165, 1.54) is 5.56 Å². The predicted octanol–water partition coefficient (Wildman–Crippen LogP) is 3.49. The van der Waals surface area contributed by atoms with Crippen molar-refractivity contribution in [3.8, 4) is 0 Å². The zero-order valence-electron chi connectivity index (χ0n) is 18.3. The molecule has 0 heterocycles. The summed E-state index contributed by atoms with van der Waals surface area (Å²) in [5.41, 5.74) is 3.22. The summed E-state index contributed by atoms with van der Waals surface area (Å²) < 4.78 is 0. The molecule has 30 heavy (non-hydrogen) atoms. The van der Waals surface area contributed by atoms with Crippen LogP contribution in [-0.2, 0) is 17.8 Å². The smallest absolute Gasteiger partial charge is 0.238 e. The Morgan fingerprint density at radius 1 is 1.07 bits per heavy atom. The Balaban J connectivity index is 0.00000450. The first kappa shape index (κ1) is 25.9. The van der Waals surface area contributed by atoms with Crippen molar-refractivity contribution >= 4 is 41.5 Å². The van der Waals surface area contributed by atoms with E-state index in [0.717, 1.165) is 30.1 Å². The minimum absolute atomic E-state index is 0. The number of anilines is 1. The number of guanidine groups is 1. The first-order valence-corrected chi connectivity index (χ1v) is 10.0. The second-order valence-electron chi connectivity index (χ2n) is 7.48. The van der Waals surface area contributed by atoms with Crippen LogP contribution in [0.5, 0.6) is 0 Å². The van der Waals surface area contributed by atoms with Crippen molar-refractivity contribution < 1.29 is 4.79 Å². The Labute approximate surface area is 197 Å². The van der Waals surface area contributed by atoms with Crippen molar-refractivity contribution in [2.75, 3.05) is 33.0 Å². The number of rotatable bonds is 9. The number of benzene rings is 2. The third-order valence-electron chi connectivity index (χ3n) is 4.45. The highest BCUT2D eigenvalue weighted by Gasteiger charge is 2.07. The Hall–Kier alpha value is -2.13. The van der Waals surface area contributed by atoms with Gasteiger partial charge in [0.1, 0.15) is 0 Å². The molecule has 2 aromatic carbocycles. The zero-order chi connectivity index (χ0) is 21.1. The predicted molar refractivity (Wildman–Crippen MR) is 137 cm³/mol. The van der Waals surface area contributed by atoms with Crippen molar-refractivity contribution in [1.29, 1.82) is 0 Å². The second kappa shape index (κ2) is 14.0. The van der Waals surface area contributed by atoms with Crippen LogP contribution in [0.15, 0.2) is 59.6 Å². The summed E-state index contributed by atoms with van der Waals surface area (Å²) in [7, 11) is 5.52. The number of nitrogens with zero attached hydrogens (tertiary/aromatic N) is 2. The van der Waals surface area contributed by atoms with Gasteiger partial charge in [-0.3, -0.25) is 9.79 Å². The van der Waals surface area contributed by atoms with Crippen molar-refractivity contribution in [2.24, 2.45) is 4.99 Å². The zero-order valence-corrected chi connectivity index (χ0v) is 20.6. The van der Waals surface area contributed by atoms with E-state index in [-0.39, 0.29) is 29.9 Å². The summed E-state index contributed by atoms with van der Waals surface area (Å²) >= 11 is 0. The highest BCUT2D eigenvalue weighted by atomic mass is 127. The summed E-state index contributed by atoms with van der Waals surface area (Å²) in [4.78, 5) is 18.1. The molecule has 7 heteroatoms. The van der Waals surface area contributed by atoms with Crippen LogP contribution in [-0.4, -0.2) is 50.5 Å². The lowest BCUT2D eigenvalue weighted by Crippen LogP contribution is -2.42. The van der Waals surface area contributed by atoms with E-state index < -0.39 is 0 Å². The first-order chi connectivity index (χ1) is 14.0. The van der Waals surface area contributed by atoms with E-state index in [0.29, 0.717) is 19.1 Å². The average molecular weight is 523 g/mol. The first-order valence-electron chi connectivity index (χ1n) is 10.0. The van der Waals surface area contributed by atoms with Crippen molar-refractivity contribution in [3.63, 3.8) is 0 Å². The third-order valence-corrected chi connectivity index (χ3v) is 4.45. The van der Waals surface area contributed by atoms with Gasteiger partial charge in [-0.1, -0.05) is 42.5 Å².